The largest absolute Gasteiger partial charge is 0.207 e. The molecule has 1 atom stereocenters. The molecule has 0 aliphatic carbocycles. The van der Waals surface area contributed by atoms with Gasteiger partial charge < -0.3 is 0 Å². The van der Waals surface area contributed by atoms with Gasteiger partial charge in [0.2, 0.25) is 0 Å². The van der Waals surface area contributed by atoms with Crippen molar-refractivity contribution < 1.29 is 4.39 Å². The number of benzene rings is 2. The Morgan fingerprint density at radius 2 is 1.72 bits per heavy atom. The smallest absolute Gasteiger partial charge is 0.123 e. The molecular weight excluding hydrogens is 338 g/mol. The molecule has 0 heterocycles. The molecule has 0 bridgehead atoms. The molecule has 0 aromatic heterocycles. The fraction of sp³-hybridized carbons (Fsp3) is 0.143. The summed E-state index contributed by atoms with van der Waals surface area (Å²) in [4.78, 5) is 0.0501. The minimum atomic E-state index is -0.231. The molecule has 0 fully saturated rings. The maximum atomic E-state index is 12.8. The first kappa shape index (κ1) is 13.9. The maximum Gasteiger partial charge on any atom is 0.123 e. The summed E-state index contributed by atoms with van der Waals surface area (Å²) in [6.45, 7) is 0. The Kier molecular flexibility index (Phi) is 4.66. The van der Waals surface area contributed by atoms with Gasteiger partial charge in [-0.15, -0.1) is 0 Å². The van der Waals surface area contributed by atoms with Crippen LogP contribution in [0.3, 0.4) is 0 Å². The minimum absolute atomic E-state index is 0.0501. The van der Waals surface area contributed by atoms with Gasteiger partial charge in [-0.2, -0.15) is 0 Å². The van der Waals surface area contributed by atoms with E-state index in [2.05, 4.69) is 15.9 Å². The van der Waals surface area contributed by atoms with E-state index in [1.165, 1.54) is 12.1 Å². The van der Waals surface area contributed by atoms with E-state index in [9.17, 15) is 4.39 Å². The summed E-state index contributed by atoms with van der Waals surface area (Å²) in [6.07, 6.45) is 0.723. The molecule has 0 amide bonds. The quantitative estimate of drug-likeness (QED) is 0.614. The molecule has 0 N–H and O–H groups in total. The van der Waals surface area contributed by atoms with E-state index in [1.54, 1.807) is 18.2 Å². The molecule has 0 nitrogen and oxygen atoms in total. The van der Waals surface area contributed by atoms with Crippen LogP contribution < -0.4 is 0 Å². The Morgan fingerprint density at radius 1 is 1.06 bits per heavy atom. The number of rotatable bonds is 3. The van der Waals surface area contributed by atoms with Gasteiger partial charge in [-0.05, 0) is 35.7 Å². The second-order valence-corrected chi connectivity index (χ2v) is 5.83. The van der Waals surface area contributed by atoms with E-state index < -0.39 is 0 Å². The van der Waals surface area contributed by atoms with Crippen molar-refractivity contribution in [2.24, 2.45) is 0 Å². The summed E-state index contributed by atoms with van der Waals surface area (Å²) >= 11 is 15.7. The molecule has 2 rings (SSSR count). The summed E-state index contributed by atoms with van der Waals surface area (Å²) in [7, 11) is 0. The molecule has 0 saturated carbocycles. The number of alkyl halides is 1. The van der Waals surface area contributed by atoms with E-state index in [0.29, 0.717) is 10.0 Å². The second kappa shape index (κ2) is 6.05. The van der Waals surface area contributed by atoms with E-state index in [1.807, 2.05) is 12.1 Å². The SMILES string of the molecule is Fc1ccc(CC(Br)c2cccc(Cl)c2Cl)cc1. The van der Waals surface area contributed by atoms with Crippen LogP contribution in [-0.2, 0) is 6.42 Å². The molecule has 18 heavy (non-hydrogen) atoms. The molecule has 2 aromatic rings. The van der Waals surface area contributed by atoms with E-state index in [4.69, 9.17) is 23.2 Å². The highest BCUT2D eigenvalue weighted by Gasteiger charge is 2.14. The first-order valence-corrected chi connectivity index (χ1v) is 7.07. The number of hydrogen-bond acceptors (Lipinski definition) is 0. The minimum Gasteiger partial charge on any atom is -0.207 e. The van der Waals surface area contributed by atoms with Crippen molar-refractivity contribution in [3.63, 3.8) is 0 Å². The van der Waals surface area contributed by atoms with Crippen LogP contribution in [0.1, 0.15) is 16.0 Å². The lowest BCUT2D eigenvalue weighted by Gasteiger charge is -2.13. The fourth-order valence-electron chi connectivity index (χ4n) is 1.70. The molecule has 0 radical (unpaired) electrons. The van der Waals surface area contributed by atoms with Crippen LogP contribution in [0.4, 0.5) is 4.39 Å². The van der Waals surface area contributed by atoms with Crippen molar-refractivity contribution in [1.82, 2.24) is 0 Å². The highest BCUT2D eigenvalue weighted by molar-refractivity contribution is 9.09. The van der Waals surface area contributed by atoms with Crippen LogP contribution in [0.2, 0.25) is 10.0 Å². The van der Waals surface area contributed by atoms with Crippen LogP contribution in [0, 0.1) is 5.82 Å². The summed E-state index contributed by atoms with van der Waals surface area (Å²) in [6, 6.07) is 12.0. The monoisotopic (exact) mass is 346 g/mol. The van der Waals surface area contributed by atoms with E-state index in [0.717, 1.165) is 17.5 Å². The molecular formula is C14H10BrCl2F. The molecule has 2 aromatic carbocycles. The number of hydrogen-bond donors (Lipinski definition) is 0. The number of halogens is 4. The van der Waals surface area contributed by atoms with E-state index >= 15 is 0 Å². The van der Waals surface area contributed by atoms with Gasteiger partial charge in [-0.1, -0.05) is 63.4 Å². The van der Waals surface area contributed by atoms with E-state index in [-0.39, 0.29) is 10.6 Å². The van der Waals surface area contributed by atoms with Crippen molar-refractivity contribution >= 4 is 39.1 Å². The zero-order valence-electron chi connectivity index (χ0n) is 9.34. The standard InChI is InChI=1S/C14H10BrCl2F/c15-12(8-9-4-6-10(18)7-5-9)11-2-1-3-13(16)14(11)17/h1-7,12H,8H2. The Morgan fingerprint density at radius 3 is 2.39 bits per heavy atom. The predicted octanol–water partition coefficient (Wildman–Crippen LogP) is 5.81. The van der Waals surface area contributed by atoms with Gasteiger partial charge in [0.15, 0.2) is 0 Å². The van der Waals surface area contributed by atoms with Crippen molar-refractivity contribution in [2.75, 3.05) is 0 Å². The molecule has 4 heteroatoms. The van der Waals surface area contributed by atoms with Gasteiger partial charge in [0.05, 0.1) is 10.0 Å². The molecule has 0 aliphatic heterocycles. The third-order valence-corrected chi connectivity index (χ3v) is 4.30. The fourth-order valence-corrected chi connectivity index (χ4v) is 3.03. The normalized spacial score (nSPS) is 12.4. The average Bonchev–Trinajstić information content (AvgIpc) is 2.35. The van der Waals surface area contributed by atoms with Gasteiger partial charge in [0.25, 0.3) is 0 Å². The van der Waals surface area contributed by atoms with Gasteiger partial charge in [-0.3, -0.25) is 0 Å². The first-order valence-electron chi connectivity index (χ1n) is 5.40. The maximum absolute atomic E-state index is 12.8. The third-order valence-electron chi connectivity index (χ3n) is 2.65. The summed E-state index contributed by atoms with van der Waals surface area (Å²) < 4.78 is 12.8. The molecule has 94 valence electrons. The molecule has 0 spiro atoms. The average molecular weight is 348 g/mol. The van der Waals surface area contributed by atoms with Crippen LogP contribution in [0.25, 0.3) is 0 Å². The second-order valence-electron chi connectivity index (χ2n) is 3.94. The summed E-state index contributed by atoms with van der Waals surface area (Å²) in [5.74, 6) is -0.231. The van der Waals surface area contributed by atoms with Gasteiger partial charge in [0, 0.05) is 4.83 Å². The van der Waals surface area contributed by atoms with Crippen LogP contribution in [-0.4, -0.2) is 0 Å². The first-order chi connectivity index (χ1) is 8.58. The van der Waals surface area contributed by atoms with Crippen molar-refractivity contribution in [1.29, 1.82) is 0 Å². The van der Waals surface area contributed by atoms with Crippen molar-refractivity contribution in [2.45, 2.75) is 11.2 Å². The summed E-state index contributed by atoms with van der Waals surface area (Å²) in [5, 5.41) is 1.10. The molecule has 0 saturated heterocycles. The zero-order chi connectivity index (χ0) is 13.1. The Balaban J connectivity index is 2.19. The van der Waals surface area contributed by atoms with Crippen LogP contribution in [0.15, 0.2) is 42.5 Å². The van der Waals surface area contributed by atoms with Crippen LogP contribution >= 0.6 is 39.1 Å². The Hall–Kier alpha value is -0.570. The van der Waals surface area contributed by atoms with Crippen LogP contribution in [0.5, 0.6) is 0 Å². The topological polar surface area (TPSA) is 0 Å². The Bertz CT molecular complexity index is 540. The third kappa shape index (κ3) is 3.25. The highest BCUT2D eigenvalue weighted by atomic mass is 79.9. The lowest BCUT2D eigenvalue weighted by Crippen LogP contribution is -1.96. The lowest BCUT2D eigenvalue weighted by molar-refractivity contribution is 0.627. The molecule has 0 aliphatic rings. The van der Waals surface area contributed by atoms with Crippen molar-refractivity contribution in [3.05, 3.63) is 69.5 Å². The van der Waals surface area contributed by atoms with Gasteiger partial charge >= 0.3 is 0 Å². The highest BCUT2D eigenvalue weighted by Crippen LogP contribution is 2.35. The lowest BCUT2D eigenvalue weighted by atomic mass is 10.0. The predicted molar refractivity (Wildman–Crippen MR) is 78.2 cm³/mol. The Labute approximate surface area is 124 Å². The van der Waals surface area contributed by atoms with Crippen molar-refractivity contribution in [3.8, 4) is 0 Å². The zero-order valence-corrected chi connectivity index (χ0v) is 12.4. The van der Waals surface area contributed by atoms with Gasteiger partial charge in [0.1, 0.15) is 5.82 Å². The molecule has 1 unspecified atom stereocenters. The summed E-state index contributed by atoms with van der Waals surface area (Å²) in [5.41, 5.74) is 1.97. The van der Waals surface area contributed by atoms with Gasteiger partial charge in [-0.25, -0.2) is 4.39 Å².